The minimum atomic E-state index is -4.01. The number of nitrogens with one attached hydrogen (secondary N) is 1. The van der Waals surface area contributed by atoms with Gasteiger partial charge in [0.2, 0.25) is 10.0 Å². The Labute approximate surface area is 109 Å². The number of benzene rings is 1. The summed E-state index contributed by atoms with van der Waals surface area (Å²) in [6.07, 6.45) is 0. The molecule has 7 nitrogen and oxygen atoms in total. The smallest absolute Gasteiger partial charge is 0.292 e. The Balaban J connectivity index is 2.48. The van der Waals surface area contributed by atoms with E-state index in [0.29, 0.717) is 19.2 Å². The van der Waals surface area contributed by atoms with Crippen molar-refractivity contribution < 1.29 is 17.7 Å². The van der Waals surface area contributed by atoms with Gasteiger partial charge in [-0.1, -0.05) is 0 Å². The van der Waals surface area contributed by atoms with E-state index in [2.05, 4.69) is 5.32 Å². The molecule has 0 radical (unpaired) electrons. The standard InChI is InChI=1S/C10H12FN3O4S/c1-13(8-5-12-6-8)19(17,18)10-3-2-7(11)4-9(10)14(15)16/h2-4,8,12H,5-6H2,1H3. The lowest BCUT2D eigenvalue weighted by atomic mass is 10.2. The van der Waals surface area contributed by atoms with Crippen LogP contribution in [0.2, 0.25) is 0 Å². The first-order valence-corrected chi connectivity index (χ1v) is 6.90. The van der Waals surface area contributed by atoms with E-state index in [-0.39, 0.29) is 6.04 Å². The Morgan fingerprint density at radius 1 is 1.47 bits per heavy atom. The van der Waals surface area contributed by atoms with E-state index in [1.54, 1.807) is 0 Å². The van der Waals surface area contributed by atoms with Crippen LogP contribution in [0.25, 0.3) is 0 Å². The SMILES string of the molecule is CN(C1CNC1)S(=O)(=O)c1ccc(F)cc1[N+](=O)[O-]. The van der Waals surface area contributed by atoms with E-state index in [9.17, 15) is 22.9 Å². The van der Waals surface area contributed by atoms with Gasteiger partial charge in [0.25, 0.3) is 5.69 Å². The van der Waals surface area contributed by atoms with Gasteiger partial charge >= 0.3 is 0 Å². The molecule has 0 atom stereocenters. The summed E-state index contributed by atoms with van der Waals surface area (Å²) < 4.78 is 38.6. The maximum atomic E-state index is 13.0. The van der Waals surface area contributed by atoms with Crippen LogP contribution in [0, 0.1) is 15.9 Å². The van der Waals surface area contributed by atoms with Crippen molar-refractivity contribution in [1.29, 1.82) is 0 Å². The van der Waals surface area contributed by atoms with Gasteiger partial charge in [-0.2, -0.15) is 4.31 Å². The van der Waals surface area contributed by atoms with Crippen LogP contribution >= 0.6 is 0 Å². The monoisotopic (exact) mass is 289 g/mol. The van der Waals surface area contributed by atoms with Gasteiger partial charge in [-0.3, -0.25) is 10.1 Å². The van der Waals surface area contributed by atoms with Crippen LogP contribution in [0.5, 0.6) is 0 Å². The molecule has 1 aromatic carbocycles. The van der Waals surface area contributed by atoms with Gasteiger partial charge in [-0.15, -0.1) is 0 Å². The zero-order valence-electron chi connectivity index (χ0n) is 10.0. The highest BCUT2D eigenvalue weighted by Gasteiger charge is 2.35. The van der Waals surface area contributed by atoms with Gasteiger partial charge < -0.3 is 5.32 Å². The average Bonchev–Trinajstić information content (AvgIpc) is 2.25. The number of hydrogen-bond acceptors (Lipinski definition) is 5. The normalized spacial score (nSPS) is 16.4. The molecule has 0 amide bonds. The van der Waals surface area contributed by atoms with Gasteiger partial charge in [0.05, 0.1) is 11.0 Å². The van der Waals surface area contributed by atoms with Gasteiger partial charge in [-0.05, 0) is 12.1 Å². The summed E-state index contributed by atoms with van der Waals surface area (Å²) in [5, 5.41) is 13.8. The number of nitro benzene ring substituents is 1. The van der Waals surface area contributed by atoms with E-state index >= 15 is 0 Å². The second kappa shape index (κ2) is 4.83. The molecule has 2 rings (SSSR count). The van der Waals surface area contributed by atoms with Crippen LogP contribution in [0.1, 0.15) is 0 Å². The van der Waals surface area contributed by atoms with Gasteiger partial charge in [-0.25, -0.2) is 12.8 Å². The Morgan fingerprint density at radius 2 is 2.11 bits per heavy atom. The summed E-state index contributed by atoms with van der Waals surface area (Å²) in [4.78, 5) is 9.45. The molecule has 9 heteroatoms. The van der Waals surface area contributed by atoms with Crippen molar-refractivity contribution >= 4 is 15.7 Å². The second-order valence-corrected chi connectivity index (χ2v) is 6.17. The zero-order valence-corrected chi connectivity index (χ0v) is 10.9. The van der Waals surface area contributed by atoms with Crippen LogP contribution in [0.4, 0.5) is 10.1 Å². The third kappa shape index (κ3) is 2.44. The first-order valence-electron chi connectivity index (χ1n) is 5.46. The fourth-order valence-corrected chi connectivity index (χ4v) is 3.22. The predicted molar refractivity (Wildman–Crippen MR) is 64.7 cm³/mol. The van der Waals surface area contributed by atoms with Crippen LogP contribution in [0.3, 0.4) is 0 Å². The Hall–Kier alpha value is -1.58. The molecule has 0 bridgehead atoms. The molecule has 1 heterocycles. The lowest BCUT2D eigenvalue weighted by Crippen LogP contribution is -2.57. The van der Waals surface area contributed by atoms with E-state index in [4.69, 9.17) is 0 Å². The number of likely N-dealkylation sites (N-methyl/N-ethyl adjacent to an activating group) is 1. The molecule has 0 unspecified atom stereocenters. The Kier molecular flexibility index (Phi) is 3.52. The second-order valence-electron chi connectivity index (χ2n) is 4.20. The highest BCUT2D eigenvalue weighted by atomic mass is 32.2. The first kappa shape index (κ1) is 13.8. The van der Waals surface area contributed by atoms with Crippen LogP contribution < -0.4 is 5.32 Å². The summed E-state index contributed by atoms with van der Waals surface area (Å²) in [6, 6.07) is 2.19. The van der Waals surface area contributed by atoms with Crippen molar-refractivity contribution in [3.05, 3.63) is 34.1 Å². The molecule has 0 aromatic heterocycles. The topological polar surface area (TPSA) is 92.6 Å². The fraction of sp³-hybridized carbons (Fsp3) is 0.400. The highest BCUT2D eigenvalue weighted by Crippen LogP contribution is 2.28. The number of sulfonamides is 1. The lowest BCUT2D eigenvalue weighted by Gasteiger charge is -2.34. The van der Waals surface area contributed by atoms with Gasteiger partial charge in [0.1, 0.15) is 5.82 Å². The highest BCUT2D eigenvalue weighted by molar-refractivity contribution is 7.89. The quantitative estimate of drug-likeness (QED) is 0.637. The van der Waals surface area contributed by atoms with Crippen LogP contribution in [-0.2, 0) is 10.0 Å². The largest absolute Gasteiger partial charge is 0.313 e. The van der Waals surface area contributed by atoms with Crippen molar-refractivity contribution in [3.8, 4) is 0 Å². The molecule has 1 saturated heterocycles. The van der Waals surface area contributed by atoms with E-state index < -0.39 is 31.3 Å². The molecule has 0 aliphatic carbocycles. The van der Waals surface area contributed by atoms with E-state index in [1.165, 1.54) is 7.05 Å². The van der Waals surface area contributed by atoms with E-state index in [1.807, 2.05) is 0 Å². The summed E-state index contributed by atoms with van der Waals surface area (Å²) in [7, 11) is -2.65. The minimum absolute atomic E-state index is 0.241. The number of nitrogens with zero attached hydrogens (tertiary/aromatic N) is 2. The maximum Gasteiger partial charge on any atom is 0.292 e. The zero-order chi connectivity index (χ0) is 14.2. The summed E-state index contributed by atoms with van der Waals surface area (Å²) in [5.41, 5.74) is -0.751. The molecule has 1 aliphatic heterocycles. The van der Waals surface area contributed by atoms with E-state index in [0.717, 1.165) is 16.4 Å². The molecule has 1 aliphatic rings. The maximum absolute atomic E-state index is 13.0. The number of hydrogen-bond donors (Lipinski definition) is 1. The van der Waals surface area contributed by atoms with Crippen molar-refractivity contribution in [2.24, 2.45) is 0 Å². The summed E-state index contributed by atoms with van der Waals surface area (Å²) >= 11 is 0. The lowest BCUT2D eigenvalue weighted by molar-refractivity contribution is -0.388. The number of nitro groups is 1. The average molecular weight is 289 g/mol. The van der Waals surface area contributed by atoms with Crippen molar-refractivity contribution in [3.63, 3.8) is 0 Å². The van der Waals surface area contributed by atoms with Crippen molar-refractivity contribution in [2.75, 3.05) is 20.1 Å². The molecule has 0 spiro atoms. The number of rotatable bonds is 4. The van der Waals surface area contributed by atoms with Crippen LogP contribution in [0.15, 0.2) is 23.1 Å². The molecule has 0 saturated carbocycles. The molecule has 1 N–H and O–H groups in total. The molecule has 19 heavy (non-hydrogen) atoms. The Bertz CT molecular complexity index is 615. The van der Waals surface area contributed by atoms with Gasteiger partial charge in [0, 0.05) is 26.2 Å². The summed E-state index contributed by atoms with van der Waals surface area (Å²) in [6.45, 7) is 0.982. The minimum Gasteiger partial charge on any atom is -0.313 e. The predicted octanol–water partition coefficient (Wildman–Crippen LogP) is 0.326. The molecule has 1 aromatic rings. The molecule has 104 valence electrons. The summed E-state index contributed by atoms with van der Waals surface area (Å²) in [5.74, 6) is -0.849. The van der Waals surface area contributed by atoms with Crippen LogP contribution in [-0.4, -0.2) is 43.8 Å². The first-order chi connectivity index (χ1) is 8.84. The third-order valence-electron chi connectivity index (χ3n) is 3.05. The number of halogens is 1. The van der Waals surface area contributed by atoms with Crippen molar-refractivity contribution in [1.82, 2.24) is 9.62 Å². The fourth-order valence-electron chi connectivity index (χ4n) is 1.73. The molecular formula is C10H12FN3O4S. The van der Waals surface area contributed by atoms with Gasteiger partial charge in [0.15, 0.2) is 4.90 Å². The van der Waals surface area contributed by atoms with Crippen molar-refractivity contribution in [2.45, 2.75) is 10.9 Å². The third-order valence-corrected chi connectivity index (χ3v) is 5.01. The molecular weight excluding hydrogens is 277 g/mol. The molecule has 1 fully saturated rings. The Morgan fingerprint density at radius 3 is 2.58 bits per heavy atom.